The minimum absolute atomic E-state index is 0.280. The number of rotatable bonds is 3. The Bertz CT molecular complexity index is 1310. The van der Waals surface area contributed by atoms with Gasteiger partial charge in [-0.25, -0.2) is 0 Å². The third-order valence-corrected chi connectivity index (χ3v) is 5.59. The fraction of sp³-hybridized carbons (Fsp3) is 0.0800. The number of benzene rings is 3. The molecule has 0 saturated heterocycles. The Morgan fingerprint density at radius 3 is 2.25 bits per heavy atom. The molecule has 4 aromatic rings. The SMILES string of the molecule is CN1C(=O)C(NC(=O)c2cc3ccccc3[nH]2)C(=O)N(c2ccccc2)c2ccccc21. The van der Waals surface area contributed by atoms with Crippen LogP contribution >= 0.6 is 0 Å². The van der Waals surface area contributed by atoms with Crippen molar-refractivity contribution in [3.8, 4) is 0 Å². The van der Waals surface area contributed by atoms with Crippen molar-refractivity contribution in [1.82, 2.24) is 10.3 Å². The van der Waals surface area contributed by atoms with Crippen molar-refractivity contribution in [2.45, 2.75) is 6.04 Å². The molecule has 5 rings (SSSR count). The standard InChI is InChI=1S/C25H20N4O3/c1-28-20-13-7-8-14-21(20)29(17-10-3-2-4-11-17)25(32)22(24(28)31)27-23(30)19-15-16-9-5-6-12-18(16)26-19/h2-15,22,26H,1H3,(H,27,30). The monoisotopic (exact) mass is 424 g/mol. The summed E-state index contributed by atoms with van der Waals surface area (Å²) in [7, 11) is 1.60. The van der Waals surface area contributed by atoms with Crippen LogP contribution in [0.5, 0.6) is 0 Å². The number of fused-ring (bicyclic) bond motifs is 2. The molecule has 3 aromatic carbocycles. The van der Waals surface area contributed by atoms with Gasteiger partial charge in [0.05, 0.1) is 11.4 Å². The van der Waals surface area contributed by atoms with Crippen molar-refractivity contribution in [2.24, 2.45) is 0 Å². The van der Waals surface area contributed by atoms with Crippen molar-refractivity contribution < 1.29 is 14.4 Å². The molecule has 0 aliphatic carbocycles. The van der Waals surface area contributed by atoms with Crippen LogP contribution in [0.3, 0.4) is 0 Å². The van der Waals surface area contributed by atoms with Crippen LogP contribution in [-0.2, 0) is 9.59 Å². The van der Waals surface area contributed by atoms with Gasteiger partial charge in [0.25, 0.3) is 17.7 Å². The molecule has 2 N–H and O–H groups in total. The lowest BCUT2D eigenvalue weighted by atomic mass is 10.2. The summed E-state index contributed by atoms with van der Waals surface area (Å²) in [5.74, 6) is -1.56. The highest BCUT2D eigenvalue weighted by Gasteiger charge is 2.40. The van der Waals surface area contributed by atoms with Gasteiger partial charge in [0.2, 0.25) is 0 Å². The first-order valence-electron chi connectivity index (χ1n) is 10.2. The summed E-state index contributed by atoms with van der Waals surface area (Å²) < 4.78 is 0. The van der Waals surface area contributed by atoms with E-state index in [1.165, 1.54) is 9.80 Å². The van der Waals surface area contributed by atoms with Crippen LogP contribution in [0.1, 0.15) is 10.5 Å². The number of likely N-dealkylation sites (N-methyl/N-ethyl adjacent to an activating group) is 1. The molecule has 1 aromatic heterocycles. The van der Waals surface area contributed by atoms with Crippen molar-refractivity contribution in [2.75, 3.05) is 16.8 Å². The fourth-order valence-corrected chi connectivity index (χ4v) is 3.97. The van der Waals surface area contributed by atoms with E-state index in [0.29, 0.717) is 17.1 Å². The first-order valence-corrected chi connectivity index (χ1v) is 10.2. The summed E-state index contributed by atoms with van der Waals surface area (Å²) in [6.07, 6.45) is 0. The summed E-state index contributed by atoms with van der Waals surface area (Å²) in [6.45, 7) is 0. The number of aromatic nitrogens is 1. The average molecular weight is 424 g/mol. The fourth-order valence-electron chi connectivity index (χ4n) is 3.97. The number of anilines is 3. The Hall–Kier alpha value is -4.39. The molecule has 2 heterocycles. The van der Waals surface area contributed by atoms with Crippen LogP contribution in [0.15, 0.2) is 84.9 Å². The van der Waals surface area contributed by atoms with E-state index in [0.717, 1.165) is 10.9 Å². The van der Waals surface area contributed by atoms with Gasteiger partial charge in [-0.15, -0.1) is 0 Å². The van der Waals surface area contributed by atoms with Gasteiger partial charge in [0, 0.05) is 23.6 Å². The summed E-state index contributed by atoms with van der Waals surface area (Å²) in [5.41, 5.74) is 2.84. The maximum atomic E-state index is 13.7. The van der Waals surface area contributed by atoms with Gasteiger partial charge in [-0.1, -0.05) is 48.5 Å². The van der Waals surface area contributed by atoms with Gasteiger partial charge in [0.1, 0.15) is 5.69 Å². The summed E-state index contributed by atoms with van der Waals surface area (Å²) >= 11 is 0. The highest BCUT2D eigenvalue weighted by atomic mass is 16.2. The molecule has 7 nitrogen and oxygen atoms in total. The van der Waals surface area contributed by atoms with Crippen molar-refractivity contribution >= 4 is 45.7 Å². The van der Waals surface area contributed by atoms with Gasteiger partial charge in [0.15, 0.2) is 6.04 Å². The molecule has 3 amide bonds. The van der Waals surface area contributed by atoms with Gasteiger partial charge in [-0.3, -0.25) is 19.3 Å². The average Bonchev–Trinajstić information content (AvgIpc) is 3.24. The van der Waals surface area contributed by atoms with Gasteiger partial charge in [-0.2, -0.15) is 0 Å². The minimum Gasteiger partial charge on any atom is -0.351 e. The molecule has 1 atom stereocenters. The molecule has 1 aliphatic rings. The third-order valence-electron chi connectivity index (χ3n) is 5.59. The van der Waals surface area contributed by atoms with Gasteiger partial charge >= 0.3 is 0 Å². The number of hydrogen-bond acceptors (Lipinski definition) is 3. The molecule has 0 saturated carbocycles. The lowest BCUT2D eigenvalue weighted by Crippen LogP contribution is -2.54. The molecule has 0 radical (unpaired) electrons. The zero-order valence-electron chi connectivity index (χ0n) is 17.3. The first kappa shape index (κ1) is 19.6. The van der Waals surface area contributed by atoms with E-state index in [1.54, 1.807) is 43.4 Å². The molecule has 0 bridgehead atoms. The molecule has 7 heteroatoms. The van der Waals surface area contributed by atoms with E-state index in [2.05, 4.69) is 10.3 Å². The van der Waals surface area contributed by atoms with E-state index >= 15 is 0 Å². The normalized spacial score (nSPS) is 16.1. The minimum atomic E-state index is -1.38. The zero-order valence-corrected chi connectivity index (χ0v) is 17.3. The molecule has 1 unspecified atom stereocenters. The molecule has 0 spiro atoms. The Labute approximate surface area is 184 Å². The largest absolute Gasteiger partial charge is 0.351 e. The van der Waals surface area contributed by atoms with Crippen LogP contribution in [0.4, 0.5) is 17.1 Å². The number of H-pyrrole nitrogens is 1. The number of amides is 3. The van der Waals surface area contributed by atoms with E-state index in [1.807, 2.05) is 48.5 Å². The van der Waals surface area contributed by atoms with Crippen LogP contribution in [0.25, 0.3) is 10.9 Å². The Kier molecular flexibility index (Phi) is 4.71. The van der Waals surface area contributed by atoms with E-state index in [4.69, 9.17) is 0 Å². The quantitative estimate of drug-likeness (QED) is 0.493. The van der Waals surface area contributed by atoms with Crippen LogP contribution in [0.2, 0.25) is 0 Å². The third kappa shape index (κ3) is 3.20. The van der Waals surface area contributed by atoms with Gasteiger partial charge in [-0.05, 0) is 36.4 Å². The molecule has 32 heavy (non-hydrogen) atoms. The number of aromatic amines is 1. The van der Waals surface area contributed by atoms with Crippen molar-refractivity contribution in [3.63, 3.8) is 0 Å². The van der Waals surface area contributed by atoms with Crippen LogP contribution in [0, 0.1) is 0 Å². The number of para-hydroxylation sites is 4. The summed E-state index contributed by atoms with van der Waals surface area (Å²) in [4.78, 5) is 45.9. The van der Waals surface area contributed by atoms with Gasteiger partial charge < -0.3 is 15.2 Å². The summed E-state index contributed by atoms with van der Waals surface area (Å²) in [5, 5.41) is 3.52. The van der Waals surface area contributed by atoms with Crippen LogP contribution < -0.4 is 15.1 Å². The predicted molar refractivity (Wildman–Crippen MR) is 123 cm³/mol. The second-order valence-corrected chi connectivity index (χ2v) is 7.57. The van der Waals surface area contributed by atoms with Crippen molar-refractivity contribution in [3.05, 3.63) is 90.6 Å². The maximum absolute atomic E-state index is 13.7. The number of nitrogens with zero attached hydrogens (tertiary/aromatic N) is 2. The lowest BCUT2D eigenvalue weighted by Gasteiger charge is -2.24. The zero-order chi connectivity index (χ0) is 22.2. The molecule has 1 aliphatic heterocycles. The summed E-state index contributed by atoms with van der Waals surface area (Å²) in [6, 6.07) is 24.0. The molecular formula is C25H20N4O3. The Balaban J connectivity index is 1.55. The Morgan fingerprint density at radius 1 is 0.844 bits per heavy atom. The first-order chi connectivity index (χ1) is 15.5. The molecule has 158 valence electrons. The van der Waals surface area contributed by atoms with E-state index in [-0.39, 0.29) is 5.69 Å². The smallest absolute Gasteiger partial charge is 0.268 e. The highest BCUT2D eigenvalue weighted by Crippen LogP contribution is 2.37. The number of nitrogens with one attached hydrogen (secondary N) is 2. The number of carbonyl (C=O) groups is 3. The number of carbonyl (C=O) groups excluding carboxylic acids is 3. The highest BCUT2D eigenvalue weighted by molar-refractivity contribution is 6.24. The predicted octanol–water partition coefficient (Wildman–Crippen LogP) is 3.61. The Morgan fingerprint density at radius 2 is 1.50 bits per heavy atom. The van der Waals surface area contributed by atoms with E-state index in [9.17, 15) is 14.4 Å². The van der Waals surface area contributed by atoms with Crippen LogP contribution in [-0.4, -0.2) is 35.8 Å². The molecule has 0 fully saturated rings. The maximum Gasteiger partial charge on any atom is 0.268 e. The second-order valence-electron chi connectivity index (χ2n) is 7.57. The lowest BCUT2D eigenvalue weighted by molar-refractivity contribution is -0.128. The second kappa shape index (κ2) is 7.70. The molecular weight excluding hydrogens is 404 g/mol. The van der Waals surface area contributed by atoms with Crippen molar-refractivity contribution in [1.29, 1.82) is 0 Å². The number of hydrogen-bond donors (Lipinski definition) is 2. The topological polar surface area (TPSA) is 85.5 Å². The van der Waals surface area contributed by atoms with E-state index < -0.39 is 23.8 Å².